The fourth-order valence-corrected chi connectivity index (χ4v) is 3.63. The van der Waals surface area contributed by atoms with Crippen LogP contribution in [0.1, 0.15) is 37.7 Å². The molecule has 0 unspecified atom stereocenters. The summed E-state index contributed by atoms with van der Waals surface area (Å²) in [7, 11) is 4.17. The molecule has 0 spiro atoms. The van der Waals surface area contributed by atoms with Gasteiger partial charge in [-0.25, -0.2) is 0 Å². The van der Waals surface area contributed by atoms with Crippen molar-refractivity contribution in [2.75, 3.05) is 25.5 Å². The molecule has 1 aliphatic carbocycles. The normalized spacial score (nSPS) is 18.7. The van der Waals surface area contributed by atoms with Crippen LogP contribution in [0.15, 0.2) is 22.7 Å². The van der Waals surface area contributed by atoms with Crippen LogP contribution in [0, 0.1) is 0 Å². The molecule has 3 heteroatoms. The summed E-state index contributed by atoms with van der Waals surface area (Å²) in [6, 6.07) is 6.72. The maximum absolute atomic E-state index is 6.11. The zero-order chi connectivity index (χ0) is 13.2. The lowest BCUT2D eigenvalue weighted by atomic mass is 9.69. The molecule has 0 aliphatic heterocycles. The molecule has 2 nitrogen and oxygen atoms in total. The van der Waals surface area contributed by atoms with Crippen molar-refractivity contribution in [2.45, 2.75) is 37.5 Å². The highest BCUT2D eigenvalue weighted by Crippen LogP contribution is 2.40. The van der Waals surface area contributed by atoms with Crippen LogP contribution >= 0.6 is 15.9 Å². The minimum absolute atomic E-state index is 0.212. The molecular formula is C15H23BrN2. The molecule has 0 bridgehead atoms. The number of nitrogens with zero attached hydrogens (tertiary/aromatic N) is 1. The minimum Gasteiger partial charge on any atom is -0.377 e. The number of nitrogens with two attached hydrogens (primary N) is 1. The summed E-state index contributed by atoms with van der Waals surface area (Å²) in [5.41, 5.74) is 8.98. The highest BCUT2D eigenvalue weighted by Gasteiger charge is 2.32. The zero-order valence-corrected chi connectivity index (χ0v) is 13.0. The quantitative estimate of drug-likeness (QED) is 0.923. The Balaban J connectivity index is 2.39. The van der Waals surface area contributed by atoms with E-state index in [1.165, 1.54) is 43.4 Å². The van der Waals surface area contributed by atoms with Gasteiger partial charge in [-0.05, 0) is 46.5 Å². The molecule has 0 aromatic heterocycles. The van der Waals surface area contributed by atoms with Crippen LogP contribution < -0.4 is 10.6 Å². The van der Waals surface area contributed by atoms with Crippen LogP contribution in [0.3, 0.4) is 0 Å². The Kier molecular flexibility index (Phi) is 4.33. The van der Waals surface area contributed by atoms with E-state index < -0.39 is 0 Å². The van der Waals surface area contributed by atoms with Gasteiger partial charge in [-0.2, -0.15) is 0 Å². The first-order chi connectivity index (χ1) is 8.59. The Labute approximate surface area is 119 Å². The first kappa shape index (κ1) is 13.9. The first-order valence-electron chi connectivity index (χ1n) is 6.76. The molecule has 18 heavy (non-hydrogen) atoms. The molecule has 1 fully saturated rings. The van der Waals surface area contributed by atoms with Gasteiger partial charge in [-0.1, -0.05) is 25.3 Å². The van der Waals surface area contributed by atoms with Crippen molar-refractivity contribution in [1.82, 2.24) is 0 Å². The number of hydrogen-bond donors (Lipinski definition) is 1. The smallest absolute Gasteiger partial charge is 0.0508 e. The van der Waals surface area contributed by atoms with Crippen molar-refractivity contribution >= 4 is 21.6 Å². The average molecular weight is 311 g/mol. The summed E-state index contributed by atoms with van der Waals surface area (Å²) in [4.78, 5) is 2.15. The van der Waals surface area contributed by atoms with Gasteiger partial charge in [0, 0.05) is 30.5 Å². The minimum atomic E-state index is 0.212. The molecule has 0 radical (unpaired) electrons. The molecule has 1 aromatic carbocycles. The molecule has 1 aromatic rings. The molecule has 1 aliphatic rings. The van der Waals surface area contributed by atoms with Crippen molar-refractivity contribution in [3.63, 3.8) is 0 Å². The van der Waals surface area contributed by atoms with Crippen molar-refractivity contribution in [3.05, 3.63) is 28.2 Å². The van der Waals surface area contributed by atoms with Crippen molar-refractivity contribution in [3.8, 4) is 0 Å². The second-order valence-electron chi connectivity index (χ2n) is 5.61. The van der Waals surface area contributed by atoms with E-state index in [2.05, 4.69) is 53.1 Å². The van der Waals surface area contributed by atoms with Gasteiger partial charge in [-0.3, -0.25) is 0 Å². The molecule has 1 saturated carbocycles. The van der Waals surface area contributed by atoms with Crippen LogP contribution in [0.4, 0.5) is 5.69 Å². The Morgan fingerprint density at radius 3 is 2.44 bits per heavy atom. The Bertz CT molecular complexity index is 409. The van der Waals surface area contributed by atoms with Gasteiger partial charge in [0.15, 0.2) is 0 Å². The lowest BCUT2D eigenvalue weighted by Crippen LogP contribution is -2.37. The van der Waals surface area contributed by atoms with Gasteiger partial charge in [-0.15, -0.1) is 0 Å². The van der Waals surface area contributed by atoms with Crippen LogP contribution in [-0.2, 0) is 5.41 Å². The van der Waals surface area contributed by atoms with E-state index in [0.29, 0.717) is 0 Å². The van der Waals surface area contributed by atoms with Gasteiger partial charge < -0.3 is 10.6 Å². The second-order valence-corrected chi connectivity index (χ2v) is 6.46. The van der Waals surface area contributed by atoms with E-state index in [0.717, 1.165) is 11.0 Å². The van der Waals surface area contributed by atoms with E-state index in [1.807, 2.05) is 0 Å². The molecule has 0 heterocycles. The largest absolute Gasteiger partial charge is 0.377 e. The van der Waals surface area contributed by atoms with Crippen molar-refractivity contribution in [2.24, 2.45) is 5.73 Å². The van der Waals surface area contributed by atoms with Gasteiger partial charge in [0.25, 0.3) is 0 Å². The molecule has 0 atom stereocenters. The number of benzene rings is 1. The molecule has 0 amide bonds. The van der Waals surface area contributed by atoms with Gasteiger partial charge in [0.1, 0.15) is 0 Å². The highest BCUT2D eigenvalue weighted by molar-refractivity contribution is 9.10. The topological polar surface area (TPSA) is 29.3 Å². The standard InChI is InChI=1S/C15H23BrN2/c1-18(2)14-10-12(6-7-13(14)16)15(11-17)8-4-3-5-9-15/h6-7,10H,3-5,8-9,11,17H2,1-2H3. The summed E-state index contributed by atoms with van der Waals surface area (Å²) < 4.78 is 1.15. The second kappa shape index (κ2) is 5.62. The molecule has 2 N–H and O–H groups in total. The van der Waals surface area contributed by atoms with E-state index in [9.17, 15) is 0 Å². The predicted octanol–water partition coefficient (Wildman–Crippen LogP) is 3.68. The van der Waals surface area contributed by atoms with Gasteiger partial charge in [0.2, 0.25) is 0 Å². The Morgan fingerprint density at radius 1 is 1.22 bits per heavy atom. The maximum Gasteiger partial charge on any atom is 0.0508 e. The SMILES string of the molecule is CN(C)c1cc(C2(CN)CCCCC2)ccc1Br. The summed E-state index contributed by atoms with van der Waals surface area (Å²) in [5.74, 6) is 0. The Morgan fingerprint density at radius 2 is 1.89 bits per heavy atom. The number of rotatable bonds is 3. The van der Waals surface area contributed by atoms with Crippen LogP contribution in [-0.4, -0.2) is 20.6 Å². The lowest BCUT2D eigenvalue weighted by Gasteiger charge is -2.37. The fraction of sp³-hybridized carbons (Fsp3) is 0.600. The third-order valence-corrected chi connectivity index (χ3v) is 4.91. The first-order valence-corrected chi connectivity index (χ1v) is 7.56. The van der Waals surface area contributed by atoms with Gasteiger partial charge in [0.05, 0.1) is 5.69 Å². The summed E-state index contributed by atoms with van der Waals surface area (Å²) in [5, 5.41) is 0. The highest BCUT2D eigenvalue weighted by atomic mass is 79.9. The predicted molar refractivity (Wildman–Crippen MR) is 82.3 cm³/mol. The van der Waals surface area contributed by atoms with Gasteiger partial charge >= 0.3 is 0 Å². The Hall–Kier alpha value is -0.540. The molecule has 100 valence electrons. The average Bonchev–Trinajstić information content (AvgIpc) is 2.39. The van der Waals surface area contributed by atoms with Crippen molar-refractivity contribution in [1.29, 1.82) is 0 Å². The monoisotopic (exact) mass is 310 g/mol. The van der Waals surface area contributed by atoms with Crippen LogP contribution in [0.25, 0.3) is 0 Å². The fourth-order valence-electron chi connectivity index (χ4n) is 3.02. The molecule has 2 rings (SSSR count). The van der Waals surface area contributed by atoms with E-state index in [-0.39, 0.29) is 5.41 Å². The third-order valence-electron chi connectivity index (χ3n) is 4.24. The summed E-state index contributed by atoms with van der Waals surface area (Å²) in [6.07, 6.45) is 6.45. The summed E-state index contributed by atoms with van der Waals surface area (Å²) in [6.45, 7) is 0.765. The third kappa shape index (κ3) is 2.57. The molecular weight excluding hydrogens is 288 g/mol. The van der Waals surface area contributed by atoms with E-state index >= 15 is 0 Å². The van der Waals surface area contributed by atoms with Crippen LogP contribution in [0.2, 0.25) is 0 Å². The maximum atomic E-state index is 6.11. The lowest BCUT2D eigenvalue weighted by molar-refractivity contribution is 0.301. The van der Waals surface area contributed by atoms with Crippen molar-refractivity contribution < 1.29 is 0 Å². The molecule has 0 saturated heterocycles. The van der Waals surface area contributed by atoms with E-state index in [4.69, 9.17) is 5.73 Å². The van der Waals surface area contributed by atoms with E-state index in [1.54, 1.807) is 0 Å². The van der Waals surface area contributed by atoms with Crippen LogP contribution in [0.5, 0.6) is 0 Å². The number of halogens is 1. The number of anilines is 1. The number of hydrogen-bond acceptors (Lipinski definition) is 2. The summed E-state index contributed by atoms with van der Waals surface area (Å²) >= 11 is 3.62. The zero-order valence-electron chi connectivity index (χ0n) is 11.4.